The lowest BCUT2D eigenvalue weighted by atomic mass is 10.1. The summed E-state index contributed by atoms with van der Waals surface area (Å²) in [6.07, 6.45) is 2.36. The van der Waals surface area contributed by atoms with Crippen molar-refractivity contribution in [2.24, 2.45) is 0 Å². The molecule has 5 nitrogen and oxygen atoms in total. The van der Waals surface area contributed by atoms with Crippen LogP contribution in [0.25, 0.3) is 0 Å². The first-order valence-electron chi connectivity index (χ1n) is 9.33. The molecule has 2 amide bonds. The molecule has 0 aliphatic carbocycles. The number of nitrogens with two attached hydrogens (primary N) is 1. The summed E-state index contributed by atoms with van der Waals surface area (Å²) in [7, 11) is 0. The van der Waals surface area contributed by atoms with Gasteiger partial charge in [-0.05, 0) is 54.7 Å². The van der Waals surface area contributed by atoms with E-state index in [9.17, 15) is 9.18 Å². The quantitative estimate of drug-likeness (QED) is 0.766. The molecule has 1 saturated heterocycles. The molecule has 0 radical (unpaired) electrons. The van der Waals surface area contributed by atoms with Crippen molar-refractivity contribution in [1.82, 2.24) is 10.2 Å². The first-order chi connectivity index (χ1) is 13.1. The van der Waals surface area contributed by atoms with Crippen LogP contribution >= 0.6 is 0 Å². The predicted molar refractivity (Wildman–Crippen MR) is 104 cm³/mol. The standard InChI is InChI=1S/C21H26FN3O2/c22-18-5-1-17(2-6-18)15-25(20-10-13-27-14-11-20)21(26)24-12-9-16-3-7-19(23)8-4-16/h1-8,20H,9-15,23H2,(H,24,26). The van der Waals surface area contributed by atoms with Crippen molar-refractivity contribution < 1.29 is 13.9 Å². The molecule has 1 heterocycles. The molecule has 3 N–H and O–H groups in total. The van der Waals surface area contributed by atoms with Gasteiger partial charge in [-0.2, -0.15) is 0 Å². The molecule has 0 bridgehead atoms. The van der Waals surface area contributed by atoms with Crippen molar-refractivity contribution in [2.75, 3.05) is 25.5 Å². The second kappa shape index (κ2) is 9.37. The highest BCUT2D eigenvalue weighted by molar-refractivity contribution is 5.74. The second-order valence-electron chi connectivity index (χ2n) is 6.82. The van der Waals surface area contributed by atoms with Gasteiger partial charge in [-0.1, -0.05) is 24.3 Å². The third kappa shape index (κ3) is 5.69. The number of nitrogens with one attached hydrogen (secondary N) is 1. The van der Waals surface area contributed by atoms with Crippen LogP contribution in [-0.4, -0.2) is 36.7 Å². The lowest BCUT2D eigenvalue weighted by Gasteiger charge is -2.34. The Bertz CT molecular complexity index is 728. The minimum Gasteiger partial charge on any atom is -0.399 e. The molecule has 0 spiro atoms. The van der Waals surface area contributed by atoms with Gasteiger partial charge in [0.1, 0.15) is 5.82 Å². The molecular formula is C21H26FN3O2. The van der Waals surface area contributed by atoms with Gasteiger partial charge in [-0.25, -0.2) is 9.18 Å². The third-order valence-electron chi connectivity index (χ3n) is 4.83. The number of carbonyl (C=O) groups is 1. The average molecular weight is 371 g/mol. The molecule has 0 atom stereocenters. The zero-order valence-corrected chi connectivity index (χ0v) is 15.4. The third-order valence-corrected chi connectivity index (χ3v) is 4.83. The molecule has 1 aliphatic rings. The van der Waals surface area contributed by atoms with Crippen LogP contribution in [0, 0.1) is 5.82 Å². The topological polar surface area (TPSA) is 67.6 Å². The summed E-state index contributed by atoms with van der Waals surface area (Å²) >= 11 is 0. The first kappa shape index (κ1) is 19.2. The lowest BCUT2D eigenvalue weighted by Crippen LogP contribution is -2.48. The molecule has 2 aromatic rings. The Morgan fingerprint density at radius 2 is 1.70 bits per heavy atom. The molecule has 6 heteroatoms. The Morgan fingerprint density at radius 3 is 2.37 bits per heavy atom. The number of urea groups is 1. The van der Waals surface area contributed by atoms with Crippen LogP contribution in [0.4, 0.5) is 14.9 Å². The maximum absolute atomic E-state index is 13.2. The van der Waals surface area contributed by atoms with Crippen molar-refractivity contribution in [3.63, 3.8) is 0 Å². The molecule has 1 fully saturated rings. The van der Waals surface area contributed by atoms with Crippen LogP contribution in [0.1, 0.15) is 24.0 Å². The molecule has 2 aromatic carbocycles. The predicted octanol–water partition coefficient (Wildman–Crippen LogP) is 3.34. The van der Waals surface area contributed by atoms with Gasteiger partial charge >= 0.3 is 6.03 Å². The fourth-order valence-electron chi connectivity index (χ4n) is 3.25. The normalized spacial score (nSPS) is 14.7. The molecule has 1 aliphatic heterocycles. The van der Waals surface area contributed by atoms with Crippen molar-refractivity contribution in [1.29, 1.82) is 0 Å². The number of hydrogen-bond donors (Lipinski definition) is 2. The van der Waals surface area contributed by atoms with E-state index in [0.29, 0.717) is 26.3 Å². The number of amides is 2. The van der Waals surface area contributed by atoms with Gasteiger partial charge in [0.25, 0.3) is 0 Å². The molecular weight excluding hydrogens is 345 g/mol. The zero-order valence-electron chi connectivity index (χ0n) is 15.4. The van der Waals surface area contributed by atoms with Gasteiger partial charge in [-0.3, -0.25) is 0 Å². The van der Waals surface area contributed by atoms with Gasteiger partial charge < -0.3 is 20.7 Å². The number of halogens is 1. The number of benzene rings is 2. The van der Waals surface area contributed by atoms with Crippen LogP contribution in [0.2, 0.25) is 0 Å². The summed E-state index contributed by atoms with van der Waals surface area (Å²) in [5, 5.41) is 3.02. The number of hydrogen-bond acceptors (Lipinski definition) is 3. The van der Waals surface area contributed by atoms with Gasteiger partial charge in [0.2, 0.25) is 0 Å². The van der Waals surface area contributed by atoms with E-state index in [1.54, 1.807) is 12.1 Å². The molecule has 0 aromatic heterocycles. The van der Waals surface area contributed by atoms with E-state index < -0.39 is 0 Å². The largest absolute Gasteiger partial charge is 0.399 e. The van der Waals surface area contributed by atoms with Gasteiger partial charge in [0, 0.05) is 38.0 Å². The Labute approximate surface area is 159 Å². The highest BCUT2D eigenvalue weighted by Crippen LogP contribution is 2.18. The van der Waals surface area contributed by atoms with Crippen LogP contribution in [0.3, 0.4) is 0 Å². The van der Waals surface area contributed by atoms with E-state index in [-0.39, 0.29) is 17.9 Å². The number of ether oxygens (including phenoxy) is 1. The maximum atomic E-state index is 13.2. The Morgan fingerprint density at radius 1 is 1.07 bits per heavy atom. The highest BCUT2D eigenvalue weighted by atomic mass is 19.1. The SMILES string of the molecule is Nc1ccc(CCNC(=O)N(Cc2ccc(F)cc2)C2CCOCC2)cc1. The van der Waals surface area contributed by atoms with E-state index in [0.717, 1.165) is 36.1 Å². The monoisotopic (exact) mass is 371 g/mol. The van der Waals surface area contributed by atoms with Crippen molar-refractivity contribution in [2.45, 2.75) is 31.8 Å². The maximum Gasteiger partial charge on any atom is 0.317 e. The number of rotatable bonds is 6. The fraction of sp³-hybridized carbons (Fsp3) is 0.381. The van der Waals surface area contributed by atoms with Crippen LogP contribution in [0.5, 0.6) is 0 Å². The fourth-order valence-corrected chi connectivity index (χ4v) is 3.25. The second-order valence-corrected chi connectivity index (χ2v) is 6.82. The first-order valence-corrected chi connectivity index (χ1v) is 9.33. The van der Waals surface area contributed by atoms with Crippen molar-refractivity contribution in [3.05, 3.63) is 65.5 Å². The van der Waals surface area contributed by atoms with Gasteiger partial charge in [0.05, 0.1) is 0 Å². The van der Waals surface area contributed by atoms with E-state index in [1.807, 2.05) is 29.2 Å². The molecule has 3 rings (SSSR count). The van der Waals surface area contributed by atoms with E-state index in [4.69, 9.17) is 10.5 Å². The Kier molecular flexibility index (Phi) is 6.65. The summed E-state index contributed by atoms with van der Waals surface area (Å²) < 4.78 is 18.6. The highest BCUT2D eigenvalue weighted by Gasteiger charge is 2.25. The molecule has 0 unspecified atom stereocenters. The van der Waals surface area contributed by atoms with Crippen molar-refractivity contribution >= 4 is 11.7 Å². The molecule has 0 saturated carbocycles. The van der Waals surface area contributed by atoms with Crippen LogP contribution < -0.4 is 11.1 Å². The van der Waals surface area contributed by atoms with Gasteiger partial charge in [0.15, 0.2) is 0 Å². The van der Waals surface area contributed by atoms with Crippen LogP contribution in [-0.2, 0) is 17.7 Å². The van der Waals surface area contributed by atoms with Crippen LogP contribution in [0.15, 0.2) is 48.5 Å². The summed E-state index contributed by atoms with van der Waals surface area (Å²) in [4.78, 5) is 14.7. The van der Waals surface area contributed by atoms with E-state index in [1.165, 1.54) is 12.1 Å². The Hall–Kier alpha value is -2.60. The summed E-state index contributed by atoms with van der Waals surface area (Å²) in [6.45, 7) is 2.32. The zero-order chi connectivity index (χ0) is 19.1. The minimum atomic E-state index is -0.274. The lowest BCUT2D eigenvalue weighted by molar-refractivity contribution is 0.0437. The minimum absolute atomic E-state index is 0.0957. The van der Waals surface area contributed by atoms with Crippen molar-refractivity contribution in [3.8, 4) is 0 Å². The average Bonchev–Trinajstić information content (AvgIpc) is 2.69. The summed E-state index contributed by atoms with van der Waals surface area (Å²) in [5.41, 5.74) is 8.47. The molecule has 144 valence electrons. The summed E-state index contributed by atoms with van der Waals surface area (Å²) in [5.74, 6) is -0.274. The molecule has 27 heavy (non-hydrogen) atoms. The number of nitrogens with zero attached hydrogens (tertiary/aromatic N) is 1. The Balaban J connectivity index is 1.60. The van der Waals surface area contributed by atoms with Gasteiger partial charge in [-0.15, -0.1) is 0 Å². The number of nitrogen functional groups attached to an aromatic ring is 1. The van der Waals surface area contributed by atoms with E-state index >= 15 is 0 Å². The smallest absolute Gasteiger partial charge is 0.317 e. The summed E-state index contributed by atoms with van der Waals surface area (Å²) in [6, 6.07) is 14.0. The number of carbonyl (C=O) groups excluding carboxylic acids is 1. The van der Waals surface area contributed by atoms with E-state index in [2.05, 4.69) is 5.32 Å². The number of anilines is 1.